The predicted molar refractivity (Wildman–Crippen MR) is 79.9 cm³/mol. The van der Waals surface area contributed by atoms with Crippen molar-refractivity contribution in [1.29, 1.82) is 0 Å². The topological polar surface area (TPSA) is 99.3 Å². The van der Waals surface area contributed by atoms with Gasteiger partial charge >= 0.3 is 0 Å². The molecule has 0 spiro atoms. The molecule has 2 heterocycles. The standard InChI is InChI=1S/C13H22N6O2/c1-3-14-12-10-8-15-18(2)13(10)17-11(16-12)9-19(4-6-20)5-7-21/h8,20-21H,3-7,9H2,1-2H3,(H,14,16,17). The molecule has 2 aromatic heterocycles. The molecule has 2 aromatic rings. The fraction of sp³-hybridized carbons (Fsp3) is 0.615. The summed E-state index contributed by atoms with van der Waals surface area (Å²) in [6, 6.07) is 0. The summed E-state index contributed by atoms with van der Waals surface area (Å²) < 4.78 is 1.71. The molecule has 0 aliphatic heterocycles. The number of aliphatic hydroxyl groups excluding tert-OH is 2. The van der Waals surface area contributed by atoms with E-state index >= 15 is 0 Å². The second kappa shape index (κ2) is 7.30. The summed E-state index contributed by atoms with van der Waals surface area (Å²) in [6.07, 6.45) is 1.75. The zero-order chi connectivity index (χ0) is 15.2. The summed E-state index contributed by atoms with van der Waals surface area (Å²) in [5.74, 6) is 1.41. The number of aryl methyl sites for hydroxylation is 1. The molecule has 0 saturated heterocycles. The molecule has 21 heavy (non-hydrogen) atoms. The monoisotopic (exact) mass is 294 g/mol. The van der Waals surface area contributed by atoms with Crippen LogP contribution >= 0.6 is 0 Å². The number of aromatic nitrogens is 4. The SMILES string of the molecule is CCNc1nc(CN(CCO)CCO)nc2c1cnn2C. The molecule has 0 aliphatic rings. The smallest absolute Gasteiger partial charge is 0.163 e. The molecule has 0 fully saturated rings. The molecule has 0 bridgehead atoms. The van der Waals surface area contributed by atoms with Crippen molar-refractivity contribution in [2.45, 2.75) is 13.5 Å². The van der Waals surface area contributed by atoms with Crippen molar-refractivity contribution >= 4 is 16.9 Å². The maximum atomic E-state index is 9.07. The lowest BCUT2D eigenvalue weighted by atomic mass is 10.3. The van der Waals surface area contributed by atoms with Crippen LogP contribution in [0.4, 0.5) is 5.82 Å². The van der Waals surface area contributed by atoms with Crippen LogP contribution in [-0.4, -0.2) is 67.7 Å². The van der Waals surface area contributed by atoms with Gasteiger partial charge in [0.1, 0.15) is 11.6 Å². The lowest BCUT2D eigenvalue weighted by Gasteiger charge is -2.19. The number of hydrogen-bond donors (Lipinski definition) is 3. The van der Waals surface area contributed by atoms with Crippen LogP contribution in [0, 0.1) is 0 Å². The van der Waals surface area contributed by atoms with Crippen molar-refractivity contribution < 1.29 is 10.2 Å². The van der Waals surface area contributed by atoms with E-state index in [0.717, 1.165) is 23.4 Å². The Balaban J connectivity index is 2.32. The number of aliphatic hydroxyl groups is 2. The Kier molecular flexibility index (Phi) is 5.43. The van der Waals surface area contributed by atoms with Gasteiger partial charge in [0.25, 0.3) is 0 Å². The maximum Gasteiger partial charge on any atom is 0.163 e. The Hall–Kier alpha value is -1.77. The van der Waals surface area contributed by atoms with Crippen molar-refractivity contribution in [1.82, 2.24) is 24.6 Å². The molecule has 0 radical (unpaired) electrons. The molecule has 0 aromatic carbocycles. The summed E-state index contributed by atoms with van der Waals surface area (Å²) >= 11 is 0. The molecular weight excluding hydrogens is 272 g/mol. The van der Waals surface area contributed by atoms with Gasteiger partial charge in [-0.05, 0) is 6.92 Å². The van der Waals surface area contributed by atoms with E-state index in [-0.39, 0.29) is 13.2 Å². The van der Waals surface area contributed by atoms with E-state index in [1.54, 1.807) is 10.9 Å². The third-order valence-corrected chi connectivity index (χ3v) is 3.18. The van der Waals surface area contributed by atoms with Crippen LogP contribution in [0.2, 0.25) is 0 Å². The van der Waals surface area contributed by atoms with E-state index in [1.165, 1.54) is 0 Å². The van der Waals surface area contributed by atoms with Crippen LogP contribution in [0.1, 0.15) is 12.7 Å². The summed E-state index contributed by atoms with van der Waals surface area (Å²) in [5.41, 5.74) is 0.767. The minimum atomic E-state index is 0.0357. The Morgan fingerprint density at radius 2 is 1.95 bits per heavy atom. The highest BCUT2D eigenvalue weighted by Gasteiger charge is 2.13. The molecule has 8 heteroatoms. The Morgan fingerprint density at radius 3 is 2.57 bits per heavy atom. The number of nitrogens with zero attached hydrogens (tertiary/aromatic N) is 5. The molecule has 0 saturated carbocycles. The average Bonchev–Trinajstić information content (AvgIpc) is 2.82. The van der Waals surface area contributed by atoms with Gasteiger partial charge in [-0.1, -0.05) is 0 Å². The van der Waals surface area contributed by atoms with E-state index in [1.807, 2.05) is 18.9 Å². The normalized spacial score (nSPS) is 11.5. The van der Waals surface area contributed by atoms with Crippen molar-refractivity contribution in [3.8, 4) is 0 Å². The molecule has 0 aliphatic carbocycles. The van der Waals surface area contributed by atoms with E-state index in [2.05, 4.69) is 20.4 Å². The first-order chi connectivity index (χ1) is 10.2. The maximum absolute atomic E-state index is 9.07. The number of hydrogen-bond acceptors (Lipinski definition) is 7. The minimum absolute atomic E-state index is 0.0357. The van der Waals surface area contributed by atoms with E-state index < -0.39 is 0 Å². The van der Waals surface area contributed by atoms with Gasteiger partial charge in [0.2, 0.25) is 0 Å². The summed E-state index contributed by atoms with van der Waals surface area (Å²) in [7, 11) is 1.84. The first-order valence-corrected chi connectivity index (χ1v) is 7.06. The Labute approximate surface area is 123 Å². The lowest BCUT2D eigenvalue weighted by molar-refractivity contribution is 0.153. The highest BCUT2D eigenvalue weighted by Crippen LogP contribution is 2.19. The van der Waals surface area contributed by atoms with Gasteiger partial charge in [-0.25, -0.2) is 9.97 Å². The van der Waals surface area contributed by atoms with Gasteiger partial charge in [-0.2, -0.15) is 5.10 Å². The van der Waals surface area contributed by atoms with Gasteiger partial charge in [-0.3, -0.25) is 9.58 Å². The highest BCUT2D eigenvalue weighted by atomic mass is 16.3. The zero-order valence-electron chi connectivity index (χ0n) is 12.5. The van der Waals surface area contributed by atoms with Gasteiger partial charge < -0.3 is 15.5 Å². The molecule has 3 N–H and O–H groups in total. The van der Waals surface area contributed by atoms with Gasteiger partial charge in [0.05, 0.1) is 31.3 Å². The van der Waals surface area contributed by atoms with Gasteiger partial charge in [0, 0.05) is 26.7 Å². The Morgan fingerprint density at radius 1 is 1.24 bits per heavy atom. The third-order valence-electron chi connectivity index (χ3n) is 3.18. The van der Waals surface area contributed by atoms with Crippen LogP contribution < -0.4 is 5.32 Å². The van der Waals surface area contributed by atoms with Crippen LogP contribution in [0.25, 0.3) is 11.0 Å². The molecule has 0 atom stereocenters. The van der Waals surface area contributed by atoms with Crippen LogP contribution in [0.5, 0.6) is 0 Å². The Bertz CT molecular complexity index is 579. The number of nitrogens with one attached hydrogen (secondary N) is 1. The molecule has 2 rings (SSSR count). The molecule has 116 valence electrons. The lowest BCUT2D eigenvalue weighted by Crippen LogP contribution is -2.30. The van der Waals surface area contributed by atoms with Gasteiger partial charge in [-0.15, -0.1) is 0 Å². The van der Waals surface area contributed by atoms with Crippen molar-refractivity contribution in [3.63, 3.8) is 0 Å². The number of anilines is 1. The van der Waals surface area contributed by atoms with Crippen LogP contribution in [0.3, 0.4) is 0 Å². The van der Waals surface area contributed by atoms with E-state index in [9.17, 15) is 0 Å². The highest BCUT2D eigenvalue weighted by molar-refractivity contribution is 5.86. The summed E-state index contributed by atoms with van der Waals surface area (Å²) in [6.45, 7) is 4.27. The predicted octanol–water partition coefficient (Wildman–Crippen LogP) is -0.418. The largest absolute Gasteiger partial charge is 0.395 e. The van der Waals surface area contributed by atoms with Gasteiger partial charge in [0.15, 0.2) is 5.65 Å². The fourth-order valence-corrected chi connectivity index (χ4v) is 2.19. The first-order valence-electron chi connectivity index (χ1n) is 7.06. The number of rotatable bonds is 8. The quantitative estimate of drug-likeness (QED) is 0.608. The average molecular weight is 294 g/mol. The second-order valence-electron chi connectivity index (χ2n) is 4.75. The van der Waals surface area contributed by atoms with E-state index in [4.69, 9.17) is 10.2 Å². The zero-order valence-corrected chi connectivity index (χ0v) is 12.5. The van der Waals surface area contributed by atoms with Crippen molar-refractivity contribution in [2.75, 3.05) is 38.2 Å². The fourth-order valence-electron chi connectivity index (χ4n) is 2.19. The first kappa shape index (κ1) is 15.6. The van der Waals surface area contributed by atoms with E-state index in [0.29, 0.717) is 25.5 Å². The summed E-state index contributed by atoms with van der Waals surface area (Å²) in [5, 5.41) is 26.5. The minimum Gasteiger partial charge on any atom is -0.395 e. The van der Waals surface area contributed by atoms with Crippen LogP contribution in [-0.2, 0) is 13.6 Å². The molecule has 8 nitrogen and oxygen atoms in total. The van der Waals surface area contributed by atoms with Crippen molar-refractivity contribution in [2.24, 2.45) is 7.05 Å². The second-order valence-corrected chi connectivity index (χ2v) is 4.75. The number of fused-ring (bicyclic) bond motifs is 1. The molecule has 0 amide bonds. The molecular formula is C13H22N6O2. The molecule has 0 unspecified atom stereocenters. The van der Waals surface area contributed by atoms with Crippen molar-refractivity contribution in [3.05, 3.63) is 12.0 Å². The van der Waals surface area contributed by atoms with Crippen LogP contribution in [0.15, 0.2) is 6.20 Å². The summed E-state index contributed by atoms with van der Waals surface area (Å²) in [4.78, 5) is 11.0. The third kappa shape index (κ3) is 3.66.